The van der Waals surface area contributed by atoms with Crippen molar-refractivity contribution in [1.82, 2.24) is 0 Å². The third-order valence-electron chi connectivity index (χ3n) is 4.18. The Bertz CT molecular complexity index is 582. The quantitative estimate of drug-likeness (QED) is 0.642. The topological polar surface area (TPSA) is 9.23 Å². The lowest BCUT2D eigenvalue weighted by molar-refractivity contribution is -0.0528. The van der Waals surface area contributed by atoms with Crippen LogP contribution in [-0.4, -0.2) is 11.5 Å². The van der Waals surface area contributed by atoms with Gasteiger partial charge in [0, 0.05) is 10.4 Å². The Morgan fingerprint density at radius 2 is 1.68 bits per heavy atom. The van der Waals surface area contributed by atoms with Gasteiger partial charge in [-0.25, -0.2) is 0 Å². The third kappa shape index (κ3) is 4.25. The van der Waals surface area contributed by atoms with E-state index in [1.165, 1.54) is 11.1 Å². The maximum Gasteiger partial charge on any atom is 0.0842 e. The largest absolute Gasteiger partial charge is 0.370 e. The Hall–Kier alpha value is -1.02. The molecular weight excluding hydrogens is 315 g/mol. The van der Waals surface area contributed by atoms with Crippen LogP contribution in [0.15, 0.2) is 54.6 Å². The van der Waals surface area contributed by atoms with Crippen molar-refractivity contribution in [3.8, 4) is 0 Å². The lowest BCUT2D eigenvalue weighted by atomic mass is 9.95. The molecule has 0 aliphatic carbocycles. The SMILES string of the molecule is Clc1ccc([C@H]2C[C@@H](Cl)C[C@@H](CCc3ccccc3)O2)cc1. The summed E-state index contributed by atoms with van der Waals surface area (Å²) in [7, 11) is 0. The van der Waals surface area contributed by atoms with Crippen LogP contribution in [0.25, 0.3) is 0 Å². The summed E-state index contributed by atoms with van der Waals surface area (Å²) in [6.07, 6.45) is 4.13. The lowest BCUT2D eigenvalue weighted by Crippen LogP contribution is -2.29. The van der Waals surface area contributed by atoms with Crippen LogP contribution in [0.2, 0.25) is 5.02 Å². The Balaban J connectivity index is 1.62. The smallest absolute Gasteiger partial charge is 0.0842 e. The summed E-state index contributed by atoms with van der Waals surface area (Å²) in [5, 5.41) is 0.929. The predicted molar refractivity (Wildman–Crippen MR) is 92.7 cm³/mol. The summed E-state index contributed by atoms with van der Waals surface area (Å²) in [5.74, 6) is 0. The van der Waals surface area contributed by atoms with E-state index in [1.807, 2.05) is 30.3 Å². The summed E-state index contributed by atoms with van der Waals surface area (Å²) < 4.78 is 6.28. The van der Waals surface area contributed by atoms with Crippen molar-refractivity contribution in [1.29, 1.82) is 0 Å². The normalized spacial score (nSPS) is 25.1. The van der Waals surface area contributed by atoms with Crippen molar-refractivity contribution < 1.29 is 4.74 Å². The molecule has 3 atom stereocenters. The fraction of sp³-hybridized carbons (Fsp3) is 0.368. The summed E-state index contributed by atoms with van der Waals surface area (Å²) in [5.41, 5.74) is 2.52. The van der Waals surface area contributed by atoms with Crippen LogP contribution < -0.4 is 0 Å². The molecule has 0 amide bonds. The van der Waals surface area contributed by atoms with E-state index in [9.17, 15) is 0 Å². The van der Waals surface area contributed by atoms with Crippen LogP contribution in [-0.2, 0) is 11.2 Å². The fourth-order valence-corrected chi connectivity index (χ4v) is 3.49. The Labute approximate surface area is 142 Å². The number of ether oxygens (including phenoxy) is 1. The van der Waals surface area contributed by atoms with Gasteiger partial charge in [-0.3, -0.25) is 0 Å². The molecule has 0 spiro atoms. The molecule has 1 heterocycles. The highest BCUT2D eigenvalue weighted by atomic mass is 35.5. The van der Waals surface area contributed by atoms with Crippen molar-refractivity contribution in [2.45, 2.75) is 43.3 Å². The highest BCUT2D eigenvalue weighted by molar-refractivity contribution is 6.30. The molecule has 0 radical (unpaired) electrons. The summed E-state index contributed by atoms with van der Waals surface area (Å²) in [4.78, 5) is 0. The number of hydrogen-bond acceptors (Lipinski definition) is 1. The second-order valence-electron chi connectivity index (χ2n) is 5.89. The molecule has 2 aromatic carbocycles. The van der Waals surface area contributed by atoms with Gasteiger partial charge in [-0.1, -0.05) is 54.1 Å². The summed E-state index contributed by atoms with van der Waals surface area (Å²) in [6, 6.07) is 18.4. The zero-order valence-electron chi connectivity index (χ0n) is 12.4. The first-order valence-electron chi connectivity index (χ1n) is 7.79. The average molecular weight is 335 g/mol. The standard InChI is InChI=1S/C19H20Cl2O/c20-16-9-7-15(8-10-16)19-13-17(21)12-18(22-19)11-6-14-4-2-1-3-5-14/h1-5,7-10,17-19H,6,11-13H2/t17-,18+,19+/m0/s1. The molecule has 0 bridgehead atoms. The molecule has 3 rings (SSSR count). The van der Waals surface area contributed by atoms with Gasteiger partial charge in [-0.15, -0.1) is 11.6 Å². The Morgan fingerprint density at radius 1 is 0.955 bits per heavy atom. The summed E-state index contributed by atoms with van der Waals surface area (Å²) in [6.45, 7) is 0. The molecule has 0 N–H and O–H groups in total. The van der Waals surface area contributed by atoms with E-state index < -0.39 is 0 Å². The highest BCUT2D eigenvalue weighted by Gasteiger charge is 2.29. The van der Waals surface area contributed by atoms with Gasteiger partial charge >= 0.3 is 0 Å². The molecule has 1 saturated heterocycles. The van der Waals surface area contributed by atoms with E-state index >= 15 is 0 Å². The molecule has 1 aliphatic rings. The first-order chi connectivity index (χ1) is 10.7. The van der Waals surface area contributed by atoms with Crippen LogP contribution in [0.1, 0.15) is 36.5 Å². The van der Waals surface area contributed by atoms with E-state index in [0.29, 0.717) is 0 Å². The fourth-order valence-electron chi connectivity index (χ4n) is 3.01. The number of hydrogen-bond donors (Lipinski definition) is 0. The Kier molecular flexibility index (Phi) is 5.41. The van der Waals surface area contributed by atoms with E-state index in [2.05, 4.69) is 24.3 Å². The highest BCUT2D eigenvalue weighted by Crippen LogP contribution is 2.35. The zero-order valence-corrected chi connectivity index (χ0v) is 13.9. The maximum absolute atomic E-state index is 6.46. The maximum atomic E-state index is 6.46. The van der Waals surface area contributed by atoms with Crippen molar-refractivity contribution in [2.75, 3.05) is 0 Å². The van der Waals surface area contributed by atoms with Crippen molar-refractivity contribution in [3.63, 3.8) is 0 Å². The van der Waals surface area contributed by atoms with Crippen LogP contribution in [0.5, 0.6) is 0 Å². The van der Waals surface area contributed by atoms with Crippen molar-refractivity contribution in [3.05, 3.63) is 70.7 Å². The van der Waals surface area contributed by atoms with Gasteiger partial charge in [-0.2, -0.15) is 0 Å². The van der Waals surface area contributed by atoms with E-state index in [0.717, 1.165) is 30.7 Å². The third-order valence-corrected chi connectivity index (χ3v) is 4.79. The van der Waals surface area contributed by atoms with Crippen molar-refractivity contribution >= 4 is 23.2 Å². The van der Waals surface area contributed by atoms with E-state index in [4.69, 9.17) is 27.9 Å². The molecule has 1 fully saturated rings. The van der Waals surface area contributed by atoms with Crippen LogP contribution in [0.3, 0.4) is 0 Å². The zero-order chi connectivity index (χ0) is 15.4. The molecule has 0 saturated carbocycles. The minimum atomic E-state index is 0.0780. The van der Waals surface area contributed by atoms with Gasteiger partial charge in [0.15, 0.2) is 0 Å². The molecule has 0 aromatic heterocycles. The molecule has 1 nitrogen and oxygen atoms in total. The van der Waals surface area contributed by atoms with Crippen LogP contribution >= 0.6 is 23.2 Å². The van der Waals surface area contributed by atoms with Gasteiger partial charge in [0.25, 0.3) is 0 Å². The molecule has 22 heavy (non-hydrogen) atoms. The van der Waals surface area contributed by atoms with Crippen molar-refractivity contribution in [2.24, 2.45) is 0 Å². The van der Waals surface area contributed by atoms with Gasteiger partial charge in [0.1, 0.15) is 0 Å². The number of halogens is 2. The number of rotatable bonds is 4. The number of benzene rings is 2. The van der Waals surface area contributed by atoms with Gasteiger partial charge in [0.05, 0.1) is 12.2 Å². The van der Waals surface area contributed by atoms with Gasteiger partial charge < -0.3 is 4.74 Å². The second kappa shape index (κ2) is 7.50. The van der Waals surface area contributed by atoms with Crippen LogP contribution in [0, 0.1) is 0 Å². The molecule has 0 unspecified atom stereocenters. The minimum Gasteiger partial charge on any atom is -0.370 e. The Morgan fingerprint density at radius 3 is 2.41 bits per heavy atom. The van der Waals surface area contributed by atoms with E-state index in [-0.39, 0.29) is 17.6 Å². The molecule has 2 aromatic rings. The number of aryl methyl sites for hydroxylation is 1. The first-order valence-corrected chi connectivity index (χ1v) is 8.61. The molecular formula is C19H20Cl2O. The predicted octanol–water partition coefficient (Wildman–Crippen LogP) is 5.80. The number of alkyl halides is 1. The van der Waals surface area contributed by atoms with E-state index in [1.54, 1.807) is 0 Å². The monoisotopic (exact) mass is 334 g/mol. The van der Waals surface area contributed by atoms with Gasteiger partial charge in [-0.05, 0) is 48.9 Å². The first kappa shape index (κ1) is 15.9. The lowest BCUT2D eigenvalue weighted by Gasteiger charge is -2.33. The minimum absolute atomic E-state index is 0.0780. The molecule has 116 valence electrons. The summed E-state index contributed by atoms with van der Waals surface area (Å²) >= 11 is 12.4. The molecule has 1 aliphatic heterocycles. The van der Waals surface area contributed by atoms with Crippen LogP contribution in [0.4, 0.5) is 0 Å². The second-order valence-corrected chi connectivity index (χ2v) is 6.94. The average Bonchev–Trinajstić information content (AvgIpc) is 2.54. The molecule has 3 heteroatoms. The van der Waals surface area contributed by atoms with Gasteiger partial charge in [0.2, 0.25) is 0 Å².